The van der Waals surface area contributed by atoms with Crippen LogP contribution >= 0.6 is 45.3 Å². The Kier molecular flexibility index (Phi) is 6.45. The fourth-order valence-corrected chi connectivity index (χ4v) is 9.41. The average Bonchev–Trinajstić information content (AvgIpc) is 3.72. The summed E-state index contributed by atoms with van der Waals surface area (Å²) >= 11 is 7.65. The molecular weight excluding hydrogens is 537 g/mol. The standard InChI is InChI=1S/C34H28S4/c1-21-3-13-31(35-21)33-17-15-29(37-33)27-19-23-5-9-25(27)11-7-24-6-10-26(12-8-23)28(20-24)30-16-18-34(38-30)32-14-4-22(2)36-32/h3-6,9-10,13-20H,7-8,11-12H2,1-2H3. The zero-order valence-corrected chi connectivity index (χ0v) is 24.8. The summed E-state index contributed by atoms with van der Waals surface area (Å²) in [6.07, 6.45) is 4.24. The van der Waals surface area contributed by atoms with E-state index in [9.17, 15) is 0 Å². The summed E-state index contributed by atoms with van der Waals surface area (Å²) in [7, 11) is 0. The molecule has 0 unspecified atom stereocenters. The molecule has 4 aliphatic carbocycles. The highest BCUT2D eigenvalue weighted by atomic mass is 32.1. The molecule has 0 aliphatic heterocycles. The lowest BCUT2D eigenvalue weighted by molar-refractivity contribution is 0.926. The second-order valence-electron chi connectivity index (χ2n) is 10.1. The molecule has 10 rings (SSSR count). The first-order chi connectivity index (χ1) is 18.6. The predicted molar refractivity (Wildman–Crippen MR) is 170 cm³/mol. The van der Waals surface area contributed by atoms with Crippen molar-refractivity contribution in [3.8, 4) is 40.4 Å². The minimum Gasteiger partial charge on any atom is -0.140 e. The van der Waals surface area contributed by atoms with Gasteiger partial charge in [0.1, 0.15) is 0 Å². The van der Waals surface area contributed by atoms with Gasteiger partial charge in [0.25, 0.3) is 0 Å². The van der Waals surface area contributed by atoms with Crippen molar-refractivity contribution in [2.45, 2.75) is 39.5 Å². The third kappa shape index (κ3) is 4.76. The van der Waals surface area contributed by atoms with Gasteiger partial charge in [-0.1, -0.05) is 36.4 Å². The van der Waals surface area contributed by atoms with Crippen LogP contribution in [0.15, 0.2) is 84.9 Å². The van der Waals surface area contributed by atoms with Gasteiger partial charge in [0, 0.05) is 39.0 Å². The maximum atomic E-state index is 2.47. The van der Waals surface area contributed by atoms with Gasteiger partial charge in [-0.2, -0.15) is 0 Å². The molecule has 2 aromatic carbocycles. The molecule has 4 heterocycles. The molecule has 38 heavy (non-hydrogen) atoms. The van der Waals surface area contributed by atoms with Gasteiger partial charge in [-0.25, -0.2) is 0 Å². The van der Waals surface area contributed by atoms with Crippen molar-refractivity contribution in [3.63, 3.8) is 0 Å². The van der Waals surface area contributed by atoms with E-state index in [1.807, 2.05) is 45.3 Å². The Morgan fingerprint density at radius 3 is 1.21 bits per heavy atom. The number of rotatable bonds is 4. The summed E-state index contributed by atoms with van der Waals surface area (Å²) in [5.41, 5.74) is 8.64. The first-order valence-electron chi connectivity index (χ1n) is 13.2. The molecule has 0 N–H and O–H groups in total. The Hall–Kier alpha value is -2.76. The summed E-state index contributed by atoms with van der Waals surface area (Å²) in [4.78, 5) is 11.0. The smallest absolute Gasteiger partial charge is 0.0449 e. The fourth-order valence-electron chi connectivity index (χ4n) is 5.38. The normalized spacial score (nSPS) is 13.1. The van der Waals surface area contributed by atoms with E-state index in [0.29, 0.717) is 0 Å². The lowest BCUT2D eigenvalue weighted by Gasteiger charge is -2.16. The number of benzene rings is 2. The van der Waals surface area contributed by atoms with Gasteiger partial charge in [-0.05, 0) is 121 Å². The van der Waals surface area contributed by atoms with Gasteiger partial charge in [-0.3, -0.25) is 0 Å². The van der Waals surface area contributed by atoms with Gasteiger partial charge >= 0.3 is 0 Å². The van der Waals surface area contributed by atoms with Crippen LogP contribution in [-0.4, -0.2) is 0 Å². The second-order valence-corrected chi connectivity index (χ2v) is 14.9. The molecule has 0 spiro atoms. The van der Waals surface area contributed by atoms with Crippen LogP contribution in [-0.2, 0) is 25.7 Å². The van der Waals surface area contributed by atoms with Crippen molar-refractivity contribution >= 4 is 45.3 Å². The first kappa shape index (κ1) is 24.3. The molecule has 0 radical (unpaired) electrons. The van der Waals surface area contributed by atoms with Crippen molar-refractivity contribution in [2.75, 3.05) is 0 Å². The Bertz CT molecular complexity index is 1620. The van der Waals surface area contributed by atoms with E-state index in [1.54, 1.807) is 0 Å². The number of aryl methyl sites for hydroxylation is 6. The highest BCUT2D eigenvalue weighted by Gasteiger charge is 2.16. The van der Waals surface area contributed by atoms with Crippen molar-refractivity contribution in [2.24, 2.45) is 0 Å². The highest BCUT2D eigenvalue weighted by molar-refractivity contribution is 7.24. The Labute approximate surface area is 240 Å². The van der Waals surface area contributed by atoms with Crippen LogP contribution in [0.3, 0.4) is 0 Å². The fraction of sp³-hybridized carbons (Fsp3) is 0.176. The van der Waals surface area contributed by atoms with Crippen LogP contribution in [0.5, 0.6) is 0 Å². The minimum absolute atomic E-state index is 1.06. The molecule has 0 saturated carbocycles. The number of hydrogen-bond acceptors (Lipinski definition) is 4. The van der Waals surface area contributed by atoms with Gasteiger partial charge in [-0.15, -0.1) is 45.3 Å². The maximum Gasteiger partial charge on any atom is 0.0449 e. The van der Waals surface area contributed by atoms with Crippen LogP contribution < -0.4 is 0 Å². The Morgan fingerprint density at radius 2 is 0.789 bits per heavy atom. The second kappa shape index (κ2) is 10.1. The molecule has 0 atom stereocenters. The maximum absolute atomic E-state index is 2.47. The summed E-state index contributed by atoms with van der Waals surface area (Å²) in [5.74, 6) is 0. The molecule has 4 bridgehead atoms. The molecule has 4 heteroatoms. The third-order valence-corrected chi connectivity index (χ3v) is 12.1. The van der Waals surface area contributed by atoms with Gasteiger partial charge in [0.15, 0.2) is 0 Å². The van der Waals surface area contributed by atoms with Crippen molar-refractivity contribution in [1.29, 1.82) is 0 Å². The van der Waals surface area contributed by atoms with E-state index in [0.717, 1.165) is 25.7 Å². The van der Waals surface area contributed by atoms with Crippen LogP contribution in [0.2, 0.25) is 0 Å². The van der Waals surface area contributed by atoms with E-state index in [2.05, 4.69) is 98.8 Å². The first-order valence-corrected chi connectivity index (χ1v) is 16.4. The number of hydrogen-bond donors (Lipinski definition) is 0. The van der Waals surface area contributed by atoms with Gasteiger partial charge in [0.05, 0.1) is 0 Å². The summed E-state index contributed by atoms with van der Waals surface area (Å²) in [6.45, 7) is 4.38. The van der Waals surface area contributed by atoms with E-state index >= 15 is 0 Å². The minimum atomic E-state index is 1.06. The lowest BCUT2D eigenvalue weighted by atomic mass is 9.90. The van der Waals surface area contributed by atoms with Crippen LogP contribution in [0.4, 0.5) is 0 Å². The summed E-state index contributed by atoms with van der Waals surface area (Å²) < 4.78 is 0. The van der Waals surface area contributed by atoms with Crippen LogP contribution in [0.1, 0.15) is 32.0 Å². The summed E-state index contributed by atoms with van der Waals surface area (Å²) in [6, 6.07) is 32.7. The quantitative estimate of drug-likeness (QED) is 0.200. The predicted octanol–water partition coefficient (Wildman–Crippen LogP) is 11.1. The monoisotopic (exact) mass is 564 g/mol. The lowest BCUT2D eigenvalue weighted by Crippen LogP contribution is -2.01. The molecule has 4 aromatic heterocycles. The van der Waals surface area contributed by atoms with Gasteiger partial charge < -0.3 is 0 Å². The zero-order valence-electron chi connectivity index (χ0n) is 21.5. The average molecular weight is 565 g/mol. The SMILES string of the molecule is Cc1ccc(-c2ccc(-c3cc4ccc3CCc3ccc(c(-c5ccc(-c6ccc(C)s6)s5)c3)CC4)s2)s1. The summed E-state index contributed by atoms with van der Waals surface area (Å²) in [5, 5.41) is 0. The van der Waals surface area contributed by atoms with E-state index in [-0.39, 0.29) is 0 Å². The van der Waals surface area contributed by atoms with E-state index < -0.39 is 0 Å². The Morgan fingerprint density at radius 1 is 0.395 bits per heavy atom. The van der Waals surface area contributed by atoms with E-state index in [1.165, 1.54) is 72.4 Å². The molecule has 4 aliphatic rings. The van der Waals surface area contributed by atoms with Crippen molar-refractivity contribution in [3.05, 3.63) is 117 Å². The van der Waals surface area contributed by atoms with Crippen molar-refractivity contribution < 1.29 is 0 Å². The van der Waals surface area contributed by atoms with Gasteiger partial charge in [0.2, 0.25) is 0 Å². The molecular formula is C34H28S4. The van der Waals surface area contributed by atoms with E-state index in [4.69, 9.17) is 0 Å². The molecule has 6 aromatic rings. The molecule has 0 saturated heterocycles. The zero-order chi connectivity index (χ0) is 25.6. The van der Waals surface area contributed by atoms with Crippen molar-refractivity contribution in [1.82, 2.24) is 0 Å². The third-order valence-electron chi connectivity index (χ3n) is 7.42. The van der Waals surface area contributed by atoms with Crippen LogP contribution in [0.25, 0.3) is 40.4 Å². The highest BCUT2D eigenvalue weighted by Crippen LogP contribution is 2.41. The molecule has 188 valence electrons. The Balaban J connectivity index is 1.21. The molecule has 0 fully saturated rings. The largest absolute Gasteiger partial charge is 0.140 e. The number of thiophene rings is 4. The van der Waals surface area contributed by atoms with Crippen LogP contribution in [0, 0.1) is 13.8 Å². The molecule has 0 nitrogen and oxygen atoms in total. The topological polar surface area (TPSA) is 0 Å². The molecule has 0 amide bonds.